The van der Waals surface area contributed by atoms with Crippen LogP contribution in [0.25, 0.3) is 84.9 Å². The second-order valence-electron chi connectivity index (χ2n) is 31.7. The highest BCUT2D eigenvalue weighted by atomic mass is 79.9. The van der Waals surface area contributed by atoms with Crippen LogP contribution >= 0.6 is 61.3 Å². The van der Waals surface area contributed by atoms with Crippen molar-refractivity contribution >= 4 is 167 Å². The maximum Gasteiger partial charge on any atom is 0.205 e. The first-order chi connectivity index (χ1) is 61.2. The van der Waals surface area contributed by atoms with Crippen molar-refractivity contribution in [2.45, 2.75) is 10.8 Å². The molecule has 10 heteroatoms. The number of benzene rings is 17. The van der Waals surface area contributed by atoms with Crippen molar-refractivity contribution in [3.8, 4) is 41.8 Å². The van der Waals surface area contributed by atoms with E-state index < -0.39 is 10.8 Å². The summed E-state index contributed by atoms with van der Waals surface area (Å²) in [7, 11) is 0. The number of hydrogen-bond donors (Lipinski definition) is 0. The Morgan fingerprint density at radius 2 is 0.524 bits per heavy atom. The van der Waals surface area contributed by atoms with Gasteiger partial charge in [0, 0.05) is 69.0 Å². The summed E-state index contributed by atoms with van der Waals surface area (Å²) in [6.07, 6.45) is 0. The van der Waals surface area contributed by atoms with Crippen LogP contribution < -0.4 is 14.7 Å². The molecular formula is C114H74BrN3O2S4. The van der Waals surface area contributed by atoms with Gasteiger partial charge in [0.15, 0.2) is 0 Å². The molecule has 4 aliphatic rings. The number of para-hydroxylation sites is 9. The summed E-state index contributed by atoms with van der Waals surface area (Å²) in [6, 6.07) is 157. The molecule has 0 atom stereocenters. The first kappa shape index (κ1) is 74.8. The average molecular weight is 1730 g/mol. The van der Waals surface area contributed by atoms with Gasteiger partial charge in [-0.25, -0.2) is 0 Å². The Morgan fingerprint density at radius 1 is 0.250 bits per heavy atom. The first-order valence-electron chi connectivity index (χ1n) is 41.6. The average Bonchev–Trinajstić information content (AvgIpc) is 1.57. The molecule has 21 aromatic rings. The smallest absolute Gasteiger partial charge is 0.205 e. The van der Waals surface area contributed by atoms with Crippen LogP contribution in [0.2, 0.25) is 0 Å². The van der Waals surface area contributed by atoms with E-state index in [0.717, 1.165) is 64.6 Å². The number of rotatable bonds is 9. The highest BCUT2D eigenvalue weighted by molar-refractivity contribution is 9.10. The summed E-state index contributed by atoms with van der Waals surface area (Å²) in [4.78, 5) is 42.3. The molecule has 0 fully saturated rings. The molecule has 2 spiro atoms. The number of fused-ring (bicyclic) bond motifs is 20. The van der Waals surface area contributed by atoms with Crippen molar-refractivity contribution in [1.29, 1.82) is 0 Å². The minimum Gasteiger partial charge on any atom is -0.310 e. The fourth-order valence-electron chi connectivity index (χ4n) is 19.3. The third kappa shape index (κ3) is 12.3. The molecule has 0 radical (unpaired) electrons. The van der Waals surface area contributed by atoms with Crippen molar-refractivity contribution in [2.24, 2.45) is 0 Å². The maximum absolute atomic E-state index is 13.4. The zero-order valence-corrected chi connectivity index (χ0v) is 71.6. The number of ketones is 2. The molecule has 25 rings (SSSR count). The molecule has 0 saturated carbocycles. The molecule has 5 nitrogen and oxygen atoms in total. The predicted octanol–water partition coefficient (Wildman–Crippen LogP) is 32.5. The van der Waals surface area contributed by atoms with Gasteiger partial charge in [-0.05, 0) is 248 Å². The summed E-state index contributed by atoms with van der Waals surface area (Å²) < 4.78 is 1.08. The maximum atomic E-state index is 13.4. The molecule has 0 amide bonds. The van der Waals surface area contributed by atoms with E-state index in [2.05, 4.69) is 413 Å². The summed E-state index contributed by atoms with van der Waals surface area (Å²) in [5, 5.41) is 9.60. The number of halogens is 1. The van der Waals surface area contributed by atoms with Crippen LogP contribution in [0, 0.1) is 0 Å². The van der Waals surface area contributed by atoms with E-state index in [1.807, 2.05) is 77.3 Å². The summed E-state index contributed by atoms with van der Waals surface area (Å²) in [6.45, 7) is 0. The van der Waals surface area contributed by atoms with E-state index in [1.54, 1.807) is 0 Å². The Labute approximate surface area is 744 Å². The second-order valence-corrected chi connectivity index (χ2v) is 36.8. The molecule has 0 saturated heterocycles. The molecule has 124 heavy (non-hydrogen) atoms. The lowest BCUT2D eigenvalue weighted by atomic mass is 9.53. The SMILES string of the molecule is Brc1ccccc1N(c1ccccc1)c1ccccc1.O=C1c2cc(-c3ccc4ccccc4c3)sc2C(=O)c2cc(-c3ccc4ccccc4c3)sc21.[HH].c1ccc(N2c3ccccc3C3(c4ccccc42)c2cc(-c4ccc5ccccc5c4)sc2C2(c4ccccc4N(c4ccccc4)c4ccccc42)c2cc(-c4ccc5ccccc5c4)sc23)cc1. The van der Waals surface area contributed by atoms with Gasteiger partial charge in [0.25, 0.3) is 0 Å². The van der Waals surface area contributed by atoms with Crippen LogP contribution in [0.15, 0.2) is 441 Å². The van der Waals surface area contributed by atoms with Gasteiger partial charge < -0.3 is 14.7 Å². The monoisotopic (exact) mass is 1720 g/mol. The van der Waals surface area contributed by atoms with Crippen LogP contribution in [0.4, 0.5) is 51.2 Å². The lowest BCUT2D eigenvalue weighted by Gasteiger charge is -2.53. The Bertz CT molecular complexity index is 7180. The number of anilines is 9. The Morgan fingerprint density at radius 3 is 0.855 bits per heavy atom. The van der Waals surface area contributed by atoms with Gasteiger partial charge in [0.05, 0.1) is 49.0 Å². The summed E-state index contributed by atoms with van der Waals surface area (Å²) >= 11 is 10.4. The molecule has 588 valence electrons. The summed E-state index contributed by atoms with van der Waals surface area (Å²) in [5.74, 6) is -0.102. The number of carbonyl (C=O) groups is 2. The highest BCUT2D eigenvalue weighted by Crippen LogP contribution is 2.72. The van der Waals surface area contributed by atoms with Gasteiger partial charge in [0.2, 0.25) is 11.6 Å². The fourth-order valence-corrected chi connectivity index (χ4v) is 24.8. The van der Waals surface area contributed by atoms with Crippen LogP contribution in [0.3, 0.4) is 0 Å². The van der Waals surface area contributed by atoms with Gasteiger partial charge in [-0.3, -0.25) is 9.59 Å². The molecule has 4 aromatic heterocycles. The van der Waals surface area contributed by atoms with Crippen LogP contribution in [-0.4, -0.2) is 11.6 Å². The molecular weight excluding hydrogens is 1650 g/mol. The van der Waals surface area contributed by atoms with Crippen molar-refractivity contribution in [3.05, 3.63) is 505 Å². The number of nitrogens with zero attached hydrogens (tertiary/aromatic N) is 3. The van der Waals surface area contributed by atoms with Gasteiger partial charge in [0.1, 0.15) is 0 Å². The van der Waals surface area contributed by atoms with Crippen molar-refractivity contribution in [2.75, 3.05) is 14.7 Å². The van der Waals surface area contributed by atoms with Crippen molar-refractivity contribution in [3.63, 3.8) is 0 Å². The molecule has 2 aliphatic carbocycles. The zero-order chi connectivity index (χ0) is 82.6. The Hall–Kier alpha value is -14.2. The molecule has 0 bridgehead atoms. The molecule has 6 heterocycles. The number of carbonyl (C=O) groups excluding carboxylic acids is 2. The topological polar surface area (TPSA) is 43.9 Å². The van der Waals surface area contributed by atoms with Gasteiger partial charge >= 0.3 is 0 Å². The van der Waals surface area contributed by atoms with E-state index in [-0.39, 0.29) is 13.0 Å². The van der Waals surface area contributed by atoms with E-state index >= 15 is 0 Å². The zero-order valence-electron chi connectivity index (χ0n) is 66.7. The second kappa shape index (κ2) is 30.7. The minimum atomic E-state index is -0.694. The lowest BCUT2D eigenvalue weighted by Crippen LogP contribution is -2.47. The molecule has 17 aromatic carbocycles. The minimum absolute atomic E-state index is 0. The summed E-state index contributed by atoms with van der Waals surface area (Å²) in [5.41, 5.74) is 22.5. The quantitative estimate of drug-likeness (QED) is 0.144. The van der Waals surface area contributed by atoms with Gasteiger partial charge in [-0.1, -0.05) is 303 Å². The van der Waals surface area contributed by atoms with Crippen LogP contribution in [0.5, 0.6) is 0 Å². The lowest BCUT2D eigenvalue weighted by molar-refractivity contribution is 0.0986. The van der Waals surface area contributed by atoms with Crippen molar-refractivity contribution < 1.29 is 11.0 Å². The largest absolute Gasteiger partial charge is 0.310 e. The van der Waals surface area contributed by atoms with E-state index in [4.69, 9.17) is 0 Å². The number of hydrogen-bond acceptors (Lipinski definition) is 9. The standard InChI is InChI=1S/C66H42N2S2.C30H16O2S2.C18H14BrN.H2/c1-3-23-49(24-4-1)67-57-31-15-11-27-51(57)65(52-28-12-16-32-58(52)67)55-41-61(47-37-35-43-19-7-9-21-45(43)39-47)70-64(55)66(56-42-62(69-63(56)65)48-38-36-44-20-8-10-22-46(44)40-48)53-29-13-17-33-59(53)68(50-25-5-2-6-26-50)60-34-18-14-30-54(60)66;31-27-23-15-25(21-11-9-17-5-1-3-7-19(17)13-21)33-29(23)28(32)24-16-26(34-30(24)27)22-12-10-18-6-2-4-8-20(18)14-22;19-17-13-7-8-14-18(17)20(15-9-3-1-4-10-15)16-11-5-2-6-12-16;/h1-42H;1-16H;1-14H;1H. The molecule has 2 aliphatic heterocycles. The Kier molecular flexibility index (Phi) is 18.5. The predicted molar refractivity (Wildman–Crippen MR) is 527 cm³/mol. The van der Waals surface area contributed by atoms with Gasteiger partial charge in [-0.15, -0.1) is 45.3 Å². The normalized spacial score (nSPS) is 13.3. The van der Waals surface area contributed by atoms with E-state index in [0.29, 0.717) is 20.9 Å². The van der Waals surface area contributed by atoms with E-state index in [9.17, 15) is 9.59 Å². The number of thiophene rings is 4. The van der Waals surface area contributed by atoms with Crippen LogP contribution in [-0.2, 0) is 10.8 Å². The molecule has 0 N–H and O–H groups in total. The third-order valence-electron chi connectivity index (χ3n) is 24.8. The van der Waals surface area contributed by atoms with Crippen LogP contribution in [0.1, 0.15) is 75.0 Å². The highest BCUT2D eigenvalue weighted by Gasteiger charge is 2.61. The van der Waals surface area contributed by atoms with Gasteiger partial charge in [-0.2, -0.15) is 0 Å². The molecule has 0 unspecified atom stereocenters. The fraction of sp³-hybridized carbons (Fsp3) is 0.0175. The Balaban J connectivity index is 0.000000138. The van der Waals surface area contributed by atoms with Crippen molar-refractivity contribution in [1.82, 2.24) is 0 Å². The first-order valence-corrected chi connectivity index (χ1v) is 45.7. The van der Waals surface area contributed by atoms with E-state index in [1.165, 1.54) is 142 Å². The third-order valence-corrected chi connectivity index (χ3v) is 30.4.